The number of carbonyl (C=O) groups excluding carboxylic acids is 9. The lowest BCUT2D eigenvalue weighted by Crippen LogP contribution is -2.60. The molecule has 0 saturated carbocycles. The summed E-state index contributed by atoms with van der Waals surface area (Å²) in [5, 5.41) is 52.1. The molecule has 0 unspecified atom stereocenters. The zero-order chi connectivity index (χ0) is 47.7. The molecule has 0 spiro atoms. The summed E-state index contributed by atoms with van der Waals surface area (Å²) < 4.78 is 0. The van der Waals surface area contributed by atoms with Crippen molar-refractivity contribution >= 4 is 65.1 Å². The number of aliphatic hydroxyl groups is 1. The third-order valence-corrected chi connectivity index (χ3v) is 9.67. The van der Waals surface area contributed by atoms with Gasteiger partial charge in [-0.2, -0.15) is 0 Å². The SMILES string of the molecule is C[C@H](N)C(=O)N[C@@H](Cc1ccc(O)cc1)C(=O)N[C@@H](CCC(N)=O)C(=O)N[C@@H](C)C(=O)N[C@@H](CCC(=O)O)C(=O)N1CCC[C@H]1C(=O)N[C@@H](CC(N)=O)C(=O)N[C@H](C(=O)O)[C@@H](C)O. The summed E-state index contributed by atoms with van der Waals surface area (Å²) in [5.41, 5.74) is 16.7. The number of hydrogen-bond acceptors (Lipinski definition) is 14. The normalized spacial score (nSPS) is 17.2. The number of carboxylic acids is 2. The fourth-order valence-electron chi connectivity index (χ4n) is 6.23. The summed E-state index contributed by atoms with van der Waals surface area (Å²) >= 11 is 0. The average molecular weight is 893 g/mol. The van der Waals surface area contributed by atoms with Gasteiger partial charge in [-0.3, -0.25) is 47.9 Å². The van der Waals surface area contributed by atoms with Crippen molar-refractivity contribution in [1.82, 2.24) is 36.8 Å². The van der Waals surface area contributed by atoms with Crippen molar-refractivity contribution in [2.45, 2.75) is 127 Å². The number of phenolic OH excluding ortho intramolecular Hbond substituents is 1. The molecule has 9 amide bonds. The Labute approximate surface area is 360 Å². The number of nitrogens with two attached hydrogens (primary N) is 3. The molecule has 1 fully saturated rings. The van der Waals surface area contributed by atoms with E-state index in [1.54, 1.807) is 0 Å². The predicted molar refractivity (Wildman–Crippen MR) is 216 cm³/mol. The van der Waals surface area contributed by atoms with E-state index in [0.29, 0.717) is 5.56 Å². The van der Waals surface area contributed by atoms with Crippen LogP contribution in [0.15, 0.2) is 24.3 Å². The van der Waals surface area contributed by atoms with Crippen molar-refractivity contribution in [3.05, 3.63) is 29.8 Å². The zero-order valence-electron chi connectivity index (χ0n) is 34.8. The van der Waals surface area contributed by atoms with Gasteiger partial charge in [-0.25, -0.2) is 4.79 Å². The zero-order valence-corrected chi connectivity index (χ0v) is 34.8. The number of rotatable bonds is 25. The third-order valence-electron chi connectivity index (χ3n) is 9.67. The van der Waals surface area contributed by atoms with Gasteiger partial charge in [0.2, 0.25) is 53.2 Å². The molecule has 1 aromatic rings. The largest absolute Gasteiger partial charge is 0.508 e. The number of primary amides is 2. The van der Waals surface area contributed by atoms with Crippen LogP contribution in [-0.4, -0.2) is 151 Å². The highest BCUT2D eigenvalue weighted by molar-refractivity contribution is 5.98. The van der Waals surface area contributed by atoms with E-state index in [0.717, 1.165) is 11.8 Å². The van der Waals surface area contributed by atoms with Gasteiger partial charge in [-0.1, -0.05) is 12.1 Å². The second-order valence-electron chi connectivity index (χ2n) is 15.0. The minimum atomic E-state index is -1.82. The molecule has 348 valence electrons. The van der Waals surface area contributed by atoms with E-state index in [9.17, 15) is 73.2 Å². The number of carboxylic acid groups (broad SMARTS) is 2. The summed E-state index contributed by atoms with van der Waals surface area (Å²) in [7, 11) is 0. The van der Waals surface area contributed by atoms with E-state index < -0.39 is 145 Å². The lowest BCUT2D eigenvalue weighted by atomic mass is 10.0. The first kappa shape index (κ1) is 52.2. The highest BCUT2D eigenvalue weighted by atomic mass is 16.4. The number of likely N-dealkylation sites (tertiary alicyclic amines) is 1. The van der Waals surface area contributed by atoms with Crippen LogP contribution >= 0.6 is 0 Å². The number of benzene rings is 1. The highest BCUT2D eigenvalue weighted by Crippen LogP contribution is 2.21. The molecule has 0 bridgehead atoms. The van der Waals surface area contributed by atoms with Crippen LogP contribution in [0.4, 0.5) is 0 Å². The minimum absolute atomic E-state index is 0.00308. The Balaban J connectivity index is 2.28. The van der Waals surface area contributed by atoms with Gasteiger partial charge in [-0.05, 0) is 64.2 Å². The number of nitrogens with one attached hydrogen (secondary N) is 6. The lowest BCUT2D eigenvalue weighted by Gasteiger charge is -2.30. The Hall–Kier alpha value is -6.89. The maximum Gasteiger partial charge on any atom is 0.328 e. The molecule has 0 aromatic heterocycles. The monoisotopic (exact) mass is 892 g/mol. The fourth-order valence-corrected chi connectivity index (χ4v) is 6.23. The van der Waals surface area contributed by atoms with E-state index in [1.165, 1.54) is 38.1 Å². The Morgan fingerprint density at radius 1 is 0.698 bits per heavy atom. The van der Waals surface area contributed by atoms with Crippen molar-refractivity contribution in [2.75, 3.05) is 6.54 Å². The lowest BCUT2D eigenvalue weighted by molar-refractivity contribution is -0.146. The Bertz CT molecular complexity index is 1880. The molecule has 16 N–H and O–H groups in total. The molecular formula is C38H56N10O15. The maximum atomic E-state index is 13.9. The summed E-state index contributed by atoms with van der Waals surface area (Å²) in [5.74, 6) is -11.7. The molecule has 25 heteroatoms. The predicted octanol–water partition coefficient (Wildman–Crippen LogP) is -5.33. The minimum Gasteiger partial charge on any atom is -0.508 e. The first-order chi connectivity index (χ1) is 29.4. The number of amides is 9. The van der Waals surface area contributed by atoms with E-state index >= 15 is 0 Å². The number of phenols is 1. The highest BCUT2D eigenvalue weighted by Gasteiger charge is 2.40. The van der Waals surface area contributed by atoms with Gasteiger partial charge >= 0.3 is 11.9 Å². The molecule has 2 rings (SSSR count). The van der Waals surface area contributed by atoms with E-state index in [4.69, 9.17) is 17.2 Å². The number of aliphatic carboxylic acids is 2. The standard InChI is InChI=1S/C38H56N10O15/c1-17(39)31(55)45-24(15-20-6-8-21(50)9-7-20)34(58)43-22(10-12-27(40)51)33(57)42-18(2)32(56)44-23(11-13-29(53)54)37(61)48-14-4-5-26(48)36(60)46-25(16-28(41)52)35(59)47-30(19(3)49)38(62)63/h6-9,17-19,22-26,30,49-50H,4-5,10-16,39H2,1-3H3,(H2,40,51)(H2,41,52)(H,42,57)(H,43,58)(H,44,56)(H,45,55)(H,46,60)(H,47,59)(H,53,54)(H,62,63)/t17-,18-,19+,22-,23-,24-,25-,26-,30-/m0/s1. The maximum absolute atomic E-state index is 13.9. The number of hydrogen-bond donors (Lipinski definition) is 13. The quantitative estimate of drug-likeness (QED) is 0.0436. The Morgan fingerprint density at radius 2 is 1.25 bits per heavy atom. The first-order valence-corrected chi connectivity index (χ1v) is 19.8. The van der Waals surface area contributed by atoms with Crippen LogP contribution in [-0.2, 0) is 59.2 Å². The fraction of sp³-hybridized carbons (Fsp3) is 0.553. The molecule has 0 radical (unpaired) electrons. The molecule has 0 aliphatic carbocycles. The van der Waals surface area contributed by atoms with Gasteiger partial charge in [0.1, 0.15) is 42.0 Å². The van der Waals surface area contributed by atoms with Crippen LogP contribution in [0.25, 0.3) is 0 Å². The third kappa shape index (κ3) is 17.2. The molecule has 63 heavy (non-hydrogen) atoms. The van der Waals surface area contributed by atoms with E-state index in [1.807, 2.05) is 5.32 Å². The van der Waals surface area contributed by atoms with Crippen LogP contribution in [0.5, 0.6) is 5.75 Å². The molecule has 25 nitrogen and oxygen atoms in total. The first-order valence-electron chi connectivity index (χ1n) is 19.8. The molecule has 1 aliphatic heterocycles. The topological polar surface area (TPSA) is 422 Å². The van der Waals surface area contributed by atoms with Gasteiger partial charge in [-0.15, -0.1) is 0 Å². The number of carbonyl (C=O) groups is 11. The molecule has 1 aromatic carbocycles. The Kier molecular flexibility index (Phi) is 20.3. The second kappa shape index (κ2) is 24.5. The number of aromatic hydroxyl groups is 1. The smallest absolute Gasteiger partial charge is 0.328 e. The van der Waals surface area contributed by atoms with Gasteiger partial charge < -0.3 is 74.4 Å². The average Bonchev–Trinajstić information content (AvgIpc) is 3.69. The van der Waals surface area contributed by atoms with Gasteiger partial charge in [0.15, 0.2) is 6.04 Å². The second-order valence-corrected chi connectivity index (χ2v) is 15.0. The Morgan fingerprint density at radius 3 is 1.79 bits per heavy atom. The van der Waals surface area contributed by atoms with E-state index in [-0.39, 0.29) is 38.0 Å². The van der Waals surface area contributed by atoms with Crippen LogP contribution < -0.4 is 49.1 Å². The van der Waals surface area contributed by atoms with Crippen LogP contribution in [0.3, 0.4) is 0 Å². The molecule has 1 heterocycles. The van der Waals surface area contributed by atoms with Gasteiger partial charge in [0.05, 0.1) is 18.6 Å². The van der Waals surface area contributed by atoms with Crippen LogP contribution in [0.1, 0.15) is 71.3 Å². The van der Waals surface area contributed by atoms with Gasteiger partial charge in [0.25, 0.3) is 0 Å². The molecular weight excluding hydrogens is 836 g/mol. The van der Waals surface area contributed by atoms with Crippen LogP contribution in [0.2, 0.25) is 0 Å². The number of aliphatic hydroxyl groups excluding tert-OH is 1. The summed E-state index contributed by atoms with van der Waals surface area (Å²) in [4.78, 5) is 141. The van der Waals surface area contributed by atoms with Crippen molar-refractivity contribution in [3.8, 4) is 5.75 Å². The molecule has 9 atom stereocenters. The van der Waals surface area contributed by atoms with Crippen molar-refractivity contribution in [2.24, 2.45) is 17.2 Å². The number of nitrogens with zero attached hydrogens (tertiary/aromatic N) is 1. The van der Waals surface area contributed by atoms with Gasteiger partial charge in [0, 0.05) is 25.8 Å². The summed E-state index contributed by atoms with van der Waals surface area (Å²) in [6, 6.07) is -6.19. The summed E-state index contributed by atoms with van der Waals surface area (Å²) in [6.07, 6.45) is -4.22. The van der Waals surface area contributed by atoms with Crippen molar-refractivity contribution in [1.29, 1.82) is 0 Å². The van der Waals surface area contributed by atoms with E-state index in [2.05, 4.69) is 26.6 Å². The molecule has 1 saturated heterocycles. The van der Waals surface area contributed by atoms with Crippen molar-refractivity contribution < 1.29 is 73.2 Å². The molecule has 1 aliphatic rings. The summed E-state index contributed by atoms with van der Waals surface area (Å²) in [6.45, 7) is 3.55. The van der Waals surface area contributed by atoms with Crippen molar-refractivity contribution in [3.63, 3.8) is 0 Å². The van der Waals surface area contributed by atoms with Crippen LogP contribution in [0, 0.1) is 0 Å².